The molecule has 0 radical (unpaired) electrons. The first kappa shape index (κ1) is 13.9. The topological polar surface area (TPSA) is 84.7 Å². The summed E-state index contributed by atoms with van der Waals surface area (Å²) >= 11 is 0. The molecule has 0 aliphatic carbocycles. The minimum Gasteiger partial charge on any atom is -0.377 e. The Kier molecular flexibility index (Phi) is 5.13. The highest BCUT2D eigenvalue weighted by atomic mass is 32.2. The summed E-state index contributed by atoms with van der Waals surface area (Å²) in [6.45, 7) is 3.41. The standard InChI is InChI=1S/C9H21N3O3S/c1-8-9(4-7-15-8)11-16(13,14)12(2)6-3-5-10/h8-9,11H,3-7,10H2,1-2H3. The summed E-state index contributed by atoms with van der Waals surface area (Å²) < 4.78 is 33.0. The van der Waals surface area contributed by atoms with E-state index in [1.807, 2.05) is 6.92 Å². The highest BCUT2D eigenvalue weighted by Gasteiger charge is 2.29. The SMILES string of the molecule is CC1OCCC1NS(=O)(=O)N(C)CCCN. The Balaban J connectivity index is 2.50. The van der Waals surface area contributed by atoms with Gasteiger partial charge in [-0.2, -0.15) is 17.4 Å². The Hall–Kier alpha value is -0.210. The van der Waals surface area contributed by atoms with Crippen LogP contribution in [0.15, 0.2) is 0 Å². The Labute approximate surface area is 97.3 Å². The van der Waals surface area contributed by atoms with Crippen LogP contribution in [0.1, 0.15) is 19.8 Å². The largest absolute Gasteiger partial charge is 0.377 e. The van der Waals surface area contributed by atoms with Gasteiger partial charge < -0.3 is 10.5 Å². The average Bonchev–Trinajstić information content (AvgIpc) is 2.60. The van der Waals surface area contributed by atoms with Gasteiger partial charge in [-0.25, -0.2) is 0 Å². The molecule has 0 aromatic heterocycles. The second-order valence-corrected chi connectivity index (χ2v) is 5.87. The molecule has 3 N–H and O–H groups in total. The van der Waals surface area contributed by atoms with Crippen molar-refractivity contribution in [2.24, 2.45) is 5.73 Å². The van der Waals surface area contributed by atoms with Crippen LogP contribution in [0, 0.1) is 0 Å². The predicted molar refractivity (Wildman–Crippen MR) is 62.2 cm³/mol. The summed E-state index contributed by atoms with van der Waals surface area (Å²) in [5.41, 5.74) is 5.34. The van der Waals surface area contributed by atoms with Gasteiger partial charge in [0.05, 0.1) is 12.1 Å². The van der Waals surface area contributed by atoms with Gasteiger partial charge in [-0.05, 0) is 26.3 Å². The molecule has 96 valence electrons. The predicted octanol–water partition coefficient (Wildman–Crippen LogP) is -0.721. The summed E-state index contributed by atoms with van der Waals surface area (Å²) in [5, 5.41) is 0. The highest BCUT2D eigenvalue weighted by molar-refractivity contribution is 7.87. The van der Waals surface area contributed by atoms with Gasteiger partial charge in [-0.3, -0.25) is 0 Å². The lowest BCUT2D eigenvalue weighted by Gasteiger charge is -2.22. The van der Waals surface area contributed by atoms with Crippen molar-refractivity contribution in [1.82, 2.24) is 9.03 Å². The Morgan fingerprint density at radius 2 is 2.25 bits per heavy atom. The normalized spacial score (nSPS) is 26.5. The van der Waals surface area contributed by atoms with Crippen LogP contribution in [0.4, 0.5) is 0 Å². The molecule has 1 fully saturated rings. The molecule has 0 saturated carbocycles. The smallest absolute Gasteiger partial charge is 0.279 e. The lowest BCUT2D eigenvalue weighted by molar-refractivity contribution is 0.116. The third kappa shape index (κ3) is 3.67. The summed E-state index contributed by atoms with van der Waals surface area (Å²) in [4.78, 5) is 0. The molecule has 2 unspecified atom stereocenters. The summed E-state index contributed by atoms with van der Waals surface area (Å²) in [7, 11) is -1.85. The van der Waals surface area contributed by atoms with Crippen LogP contribution in [-0.2, 0) is 14.9 Å². The van der Waals surface area contributed by atoms with Crippen LogP contribution < -0.4 is 10.5 Å². The number of rotatable bonds is 6. The van der Waals surface area contributed by atoms with E-state index in [-0.39, 0.29) is 12.1 Å². The molecular weight excluding hydrogens is 230 g/mol. The average molecular weight is 251 g/mol. The molecular formula is C9H21N3O3S. The van der Waals surface area contributed by atoms with Crippen molar-refractivity contribution in [3.63, 3.8) is 0 Å². The van der Waals surface area contributed by atoms with E-state index in [1.54, 1.807) is 7.05 Å². The van der Waals surface area contributed by atoms with E-state index in [9.17, 15) is 8.42 Å². The summed E-state index contributed by atoms with van der Waals surface area (Å²) in [6, 6.07) is -0.120. The highest BCUT2D eigenvalue weighted by Crippen LogP contribution is 2.14. The quantitative estimate of drug-likeness (QED) is 0.652. The molecule has 0 spiro atoms. The van der Waals surface area contributed by atoms with Gasteiger partial charge >= 0.3 is 0 Å². The van der Waals surface area contributed by atoms with E-state index >= 15 is 0 Å². The van der Waals surface area contributed by atoms with E-state index in [1.165, 1.54) is 4.31 Å². The Bertz CT molecular complexity index is 307. The zero-order chi connectivity index (χ0) is 12.2. The van der Waals surface area contributed by atoms with E-state index in [0.717, 1.165) is 6.42 Å². The maximum Gasteiger partial charge on any atom is 0.279 e. The minimum atomic E-state index is -3.40. The van der Waals surface area contributed by atoms with Gasteiger partial charge in [-0.15, -0.1) is 0 Å². The van der Waals surface area contributed by atoms with E-state index < -0.39 is 10.2 Å². The van der Waals surface area contributed by atoms with Gasteiger partial charge in [0, 0.05) is 20.2 Å². The molecule has 7 heteroatoms. The first-order valence-electron chi connectivity index (χ1n) is 5.52. The number of nitrogens with zero attached hydrogens (tertiary/aromatic N) is 1. The molecule has 1 saturated heterocycles. The number of ether oxygens (including phenoxy) is 1. The molecule has 1 rings (SSSR count). The summed E-state index contributed by atoms with van der Waals surface area (Å²) in [6.07, 6.45) is 1.33. The lowest BCUT2D eigenvalue weighted by atomic mass is 10.2. The molecule has 6 nitrogen and oxygen atoms in total. The second kappa shape index (κ2) is 5.92. The van der Waals surface area contributed by atoms with Crippen molar-refractivity contribution in [3.8, 4) is 0 Å². The van der Waals surface area contributed by atoms with E-state index in [4.69, 9.17) is 10.5 Å². The molecule has 0 bridgehead atoms. The Morgan fingerprint density at radius 1 is 1.56 bits per heavy atom. The van der Waals surface area contributed by atoms with Gasteiger partial charge in [-0.1, -0.05) is 0 Å². The second-order valence-electron chi connectivity index (χ2n) is 4.06. The lowest BCUT2D eigenvalue weighted by Crippen LogP contribution is -2.46. The molecule has 16 heavy (non-hydrogen) atoms. The molecule has 1 aliphatic heterocycles. The van der Waals surface area contributed by atoms with Crippen LogP contribution in [-0.4, -0.2) is 51.6 Å². The fraction of sp³-hybridized carbons (Fsp3) is 1.00. The molecule has 1 aliphatic rings. The fourth-order valence-corrected chi connectivity index (χ4v) is 2.84. The van der Waals surface area contributed by atoms with Crippen molar-refractivity contribution in [2.75, 3.05) is 26.7 Å². The summed E-state index contributed by atoms with van der Waals surface area (Å²) in [5.74, 6) is 0. The van der Waals surface area contributed by atoms with Crippen LogP contribution in [0.2, 0.25) is 0 Å². The minimum absolute atomic E-state index is 0.0577. The fourth-order valence-electron chi connectivity index (χ4n) is 1.60. The van der Waals surface area contributed by atoms with Crippen molar-refractivity contribution in [3.05, 3.63) is 0 Å². The number of hydrogen-bond donors (Lipinski definition) is 2. The first-order valence-corrected chi connectivity index (χ1v) is 6.96. The molecule has 0 aromatic carbocycles. The van der Waals surface area contributed by atoms with Gasteiger partial charge in [0.25, 0.3) is 10.2 Å². The van der Waals surface area contributed by atoms with Crippen LogP contribution in [0.25, 0.3) is 0 Å². The first-order chi connectivity index (χ1) is 7.47. The molecule has 0 amide bonds. The Morgan fingerprint density at radius 3 is 2.75 bits per heavy atom. The molecule has 2 atom stereocenters. The third-order valence-electron chi connectivity index (χ3n) is 2.76. The van der Waals surface area contributed by atoms with Crippen LogP contribution in [0.5, 0.6) is 0 Å². The zero-order valence-electron chi connectivity index (χ0n) is 9.85. The maximum atomic E-state index is 11.9. The monoisotopic (exact) mass is 251 g/mol. The van der Waals surface area contributed by atoms with Gasteiger partial charge in [0.1, 0.15) is 0 Å². The number of nitrogens with one attached hydrogen (secondary N) is 1. The molecule has 1 heterocycles. The van der Waals surface area contributed by atoms with Crippen LogP contribution >= 0.6 is 0 Å². The van der Waals surface area contributed by atoms with Crippen molar-refractivity contribution < 1.29 is 13.2 Å². The van der Waals surface area contributed by atoms with Gasteiger partial charge in [0.2, 0.25) is 0 Å². The van der Waals surface area contributed by atoms with Crippen molar-refractivity contribution in [1.29, 1.82) is 0 Å². The number of hydrogen-bond acceptors (Lipinski definition) is 4. The van der Waals surface area contributed by atoms with Gasteiger partial charge in [0.15, 0.2) is 0 Å². The molecule has 0 aromatic rings. The zero-order valence-corrected chi connectivity index (χ0v) is 10.7. The number of nitrogens with two attached hydrogens (primary N) is 1. The van der Waals surface area contributed by atoms with Crippen molar-refractivity contribution in [2.45, 2.75) is 31.9 Å². The van der Waals surface area contributed by atoms with E-state index in [0.29, 0.717) is 26.1 Å². The third-order valence-corrected chi connectivity index (χ3v) is 4.37. The van der Waals surface area contributed by atoms with Crippen LogP contribution in [0.3, 0.4) is 0 Å². The van der Waals surface area contributed by atoms with Crippen molar-refractivity contribution >= 4 is 10.2 Å². The van der Waals surface area contributed by atoms with E-state index in [2.05, 4.69) is 4.72 Å². The maximum absolute atomic E-state index is 11.9.